The van der Waals surface area contributed by atoms with Gasteiger partial charge in [-0.05, 0) is 33.6 Å². The van der Waals surface area contributed by atoms with Crippen LogP contribution >= 0.6 is 0 Å². The molecule has 0 bridgehead atoms. The van der Waals surface area contributed by atoms with E-state index in [1.54, 1.807) is 0 Å². The molecule has 2 aliphatic heterocycles. The van der Waals surface area contributed by atoms with Gasteiger partial charge in [-0.2, -0.15) is 0 Å². The zero-order valence-electron chi connectivity index (χ0n) is 12.6. The summed E-state index contributed by atoms with van der Waals surface area (Å²) in [4.78, 5) is 14.5. The van der Waals surface area contributed by atoms with Gasteiger partial charge in [0.2, 0.25) is 15.9 Å². The van der Waals surface area contributed by atoms with Crippen molar-refractivity contribution < 1.29 is 17.9 Å². The van der Waals surface area contributed by atoms with Crippen molar-refractivity contribution in [3.8, 4) is 0 Å². The number of hydrogen-bond donors (Lipinski definition) is 0. The van der Waals surface area contributed by atoms with E-state index in [4.69, 9.17) is 4.74 Å². The Kier molecular flexibility index (Phi) is 4.15. The third-order valence-corrected chi connectivity index (χ3v) is 5.51. The van der Waals surface area contributed by atoms with E-state index in [1.807, 2.05) is 25.7 Å². The Morgan fingerprint density at radius 2 is 1.80 bits per heavy atom. The lowest BCUT2D eigenvalue weighted by atomic mass is 9.94. The van der Waals surface area contributed by atoms with Crippen LogP contribution in [0.1, 0.15) is 33.6 Å². The molecule has 0 saturated carbocycles. The molecule has 2 aliphatic rings. The van der Waals surface area contributed by atoms with Crippen LogP contribution in [0.5, 0.6) is 0 Å². The van der Waals surface area contributed by atoms with Crippen LogP contribution in [0.4, 0.5) is 0 Å². The van der Waals surface area contributed by atoms with E-state index in [0.717, 1.165) is 0 Å². The molecule has 1 unspecified atom stereocenters. The third kappa shape index (κ3) is 2.99. The van der Waals surface area contributed by atoms with E-state index in [0.29, 0.717) is 32.5 Å². The van der Waals surface area contributed by atoms with E-state index in [-0.39, 0.29) is 23.6 Å². The highest BCUT2D eigenvalue weighted by Crippen LogP contribution is 2.31. The monoisotopic (exact) mass is 304 g/mol. The molecule has 2 heterocycles. The summed E-state index contributed by atoms with van der Waals surface area (Å²) in [5.74, 6) is -0.00965. The average molecular weight is 304 g/mol. The van der Waals surface area contributed by atoms with Crippen molar-refractivity contribution in [1.29, 1.82) is 0 Å². The number of sulfonamides is 1. The summed E-state index contributed by atoms with van der Waals surface area (Å²) in [5, 5.41) is 0. The second-order valence-corrected chi connectivity index (χ2v) is 8.35. The molecule has 0 aromatic carbocycles. The van der Waals surface area contributed by atoms with Gasteiger partial charge in [-0.15, -0.1) is 0 Å². The molecule has 2 fully saturated rings. The SMILES string of the molecule is CC1OCC(C)(C)N1C(=O)C1CCN(S(C)(=O)=O)CC1. The smallest absolute Gasteiger partial charge is 0.228 e. The Morgan fingerprint density at radius 1 is 1.25 bits per heavy atom. The molecule has 1 amide bonds. The van der Waals surface area contributed by atoms with Crippen LogP contribution in [-0.4, -0.2) is 61.2 Å². The topological polar surface area (TPSA) is 66.9 Å². The Balaban J connectivity index is 2.02. The minimum Gasteiger partial charge on any atom is -0.356 e. The maximum absolute atomic E-state index is 12.7. The van der Waals surface area contributed by atoms with Crippen molar-refractivity contribution in [2.45, 2.75) is 45.4 Å². The first-order valence-corrected chi connectivity index (χ1v) is 8.87. The summed E-state index contributed by atoms with van der Waals surface area (Å²) in [6.07, 6.45) is 2.19. The van der Waals surface area contributed by atoms with Gasteiger partial charge >= 0.3 is 0 Å². The normalized spacial score (nSPS) is 28.8. The maximum atomic E-state index is 12.7. The number of ether oxygens (including phenoxy) is 1. The molecule has 2 rings (SSSR count). The van der Waals surface area contributed by atoms with Crippen LogP contribution in [0.2, 0.25) is 0 Å². The van der Waals surface area contributed by atoms with Gasteiger partial charge in [0.05, 0.1) is 18.4 Å². The fraction of sp³-hybridized carbons (Fsp3) is 0.923. The lowest BCUT2D eigenvalue weighted by Gasteiger charge is -2.37. The molecule has 0 radical (unpaired) electrons. The van der Waals surface area contributed by atoms with Crippen molar-refractivity contribution in [1.82, 2.24) is 9.21 Å². The molecule has 0 N–H and O–H groups in total. The molecule has 116 valence electrons. The lowest BCUT2D eigenvalue weighted by molar-refractivity contribution is -0.144. The van der Waals surface area contributed by atoms with Crippen LogP contribution in [0.25, 0.3) is 0 Å². The van der Waals surface area contributed by atoms with Crippen molar-refractivity contribution in [2.75, 3.05) is 26.0 Å². The summed E-state index contributed by atoms with van der Waals surface area (Å²) < 4.78 is 30.0. The van der Waals surface area contributed by atoms with Gasteiger partial charge in [-0.1, -0.05) is 0 Å². The quantitative estimate of drug-likeness (QED) is 0.751. The zero-order chi connectivity index (χ0) is 15.1. The van der Waals surface area contributed by atoms with Gasteiger partial charge in [0.15, 0.2) is 0 Å². The number of hydrogen-bond acceptors (Lipinski definition) is 4. The minimum absolute atomic E-state index is 0.0909. The predicted molar refractivity (Wildman–Crippen MR) is 75.5 cm³/mol. The Morgan fingerprint density at radius 3 is 2.20 bits per heavy atom. The standard InChI is InChI=1S/C13H24N2O4S/c1-10-15(13(2,3)9-19-10)12(16)11-5-7-14(8-6-11)20(4,17)18/h10-11H,5-9H2,1-4H3. The van der Waals surface area contributed by atoms with E-state index in [2.05, 4.69) is 0 Å². The highest BCUT2D eigenvalue weighted by molar-refractivity contribution is 7.88. The van der Waals surface area contributed by atoms with Crippen molar-refractivity contribution in [2.24, 2.45) is 5.92 Å². The second-order valence-electron chi connectivity index (χ2n) is 6.37. The molecule has 0 aromatic heterocycles. The molecule has 6 nitrogen and oxygen atoms in total. The van der Waals surface area contributed by atoms with Crippen LogP contribution in [0.3, 0.4) is 0 Å². The minimum atomic E-state index is -3.14. The van der Waals surface area contributed by atoms with E-state index in [9.17, 15) is 13.2 Å². The number of amides is 1. The number of nitrogens with zero attached hydrogens (tertiary/aromatic N) is 2. The number of piperidine rings is 1. The zero-order valence-corrected chi connectivity index (χ0v) is 13.4. The van der Waals surface area contributed by atoms with Crippen molar-refractivity contribution in [3.05, 3.63) is 0 Å². The first-order valence-electron chi connectivity index (χ1n) is 7.03. The molecule has 0 aliphatic carbocycles. The molecular formula is C13H24N2O4S. The predicted octanol–water partition coefficient (Wildman–Crippen LogP) is 0.641. The second kappa shape index (κ2) is 5.27. The van der Waals surface area contributed by atoms with E-state index >= 15 is 0 Å². The largest absolute Gasteiger partial charge is 0.356 e. The summed E-state index contributed by atoms with van der Waals surface area (Å²) in [7, 11) is -3.14. The molecular weight excluding hydrogens is 280 g/mol. The Hall–Kier alpha value is -0.660. The summed E-state index contributed by atoms with van der Waals surface area (Å²) >= 11 is 0. The highest BCUT2D eigenvalue weighted by atomic mass is 32.2. The van der Waals surface area contributed by atoms with Crippen LogP contribution in [-0.2, 0) is 19.6 Å². The first-order chi connectivity index (χ1) is 9.13. The van der Waals surface area contributed by atoms with Gasteiger partial charge in [0.25, 0.3) is 0 Å². The fourth-order valence-electron chi connectivity index (χ4n) is 3.07. The molecule has 2 saturated heterocycles. The van der Waals surface area contributed by atoms with Gasteiger partial charge in [-0.25, -0.2) is 12.7 Å². The molecule has 0 aromatic rings. The lowest BCUT2D eigenvalue weighted by Crippen LogP contribution is -2.51. The highest BCUT2D eigenvalue weighted by Gasteiger charge is 2.44. The van der Waals surface area contributed by atoms with Gasteiger partial charge in [-0.3, -0.25) is 4.79 Å². The van der Waals surface area contributed by atoms with Crippen LogP contribution in [0, 0.1) is 5.92 Å². The summed E-state index contributed by atoms with van der Waals surface area (Å²) in [6.45, 7) is 7.29. The van der Waals surface area contributed by atoms with Gasteiger partial charge in [0.1, 0.15) is 6.23 Å². The third-order valence-electron chi connectivity index (χ3n) is 4.20. The summed E-state index contributed by atoms with van der Waals surface area (Å²) in [6, 6.07) is 0. The average Bonchev–Trinajstić information content (AvgIpc) is 2.62. The van der Waals surface area contributed by atoms with Crippen molar-refractivity contribution in [3.63, 3.8) is 0 Å². The molecule has 20 heavy (non-hydrogen) atoms. The van der Waals surface area contributed by atoms with Crippen LogP contribution in [0.15, 0.2) is 0 Å². The number of rotatable bonds is 2. The molecule has 7 heteroatoms. The summed E-state index contributed by atoms with van der Waals surface area (Å²) in [5.41, 5.74) is -0.287. The first kappa shape index (κ1) is 15.7. The maximum Gasteiger partial charge on any atom is 0.228 e. The van der Waals surface area contributed by atoms with E-state index in [1.165, 1.54) is 10.6 Å². The number of carbonyl (C=O) groups excluding carboxylic acids is 1. The fourth-order valence-corrected chi connectivity index (χ4v) is 3.94. The Bertz CT molecular complexity index is 481. The van der Waals surface area contributed by atoms with Crippen LogP contribution < -0.4 is 0 Å². The van der Waals surface area contributed by atoms with Crippen molar-refractivity contribution >= 4 is 15.9 Å². The number of carbonyl (C=O) groups is 1. The van der Waals surface area contributed by atoms with Gasteiger partial charge in [0, 0.05) is 19.0 Å². The Labute approximate surface area is 121 Å². The molecule has 1 atom stereocenters. The van der Waals surface area contributed by atoms with E-state index < -0.39 is 10.0 Å². The van der Waals surface area contributed by atoms with Gasteiger partial charge < -0.3 is 9.64 Å². The molecule has 0 spiro atoms.